The summed E-state index contributed by atoms with van der Waals surface area (Å²) in [6.45, 7) is 4.98. The number of fused-ring (bicyclic) bond motifs is 1. The Morgan fingerprint density at radius 3 is 2.95 bits per heavy atom. The summed E-state index contributed by atoms with van der Waals surface area (Å²) in [7, 11) is 0. The summed E-state index contributed by atoms with van der Waals surface area (Å²) in [6, 6.07) is 3.96. The highest BCUT2D eigenvalue weighted by Gasteiger charge is 2.28. The molecule has 2 aromatic rings. The van der Waals surface area contributed by atoms with Crippen LogP contribution < -0.4 is 0 Å². The molecular weight excluding hydrogens is 286 g/mol. The SMILES string of the molecule is CCc1nc2ccc(Cl)cn2c1C(=O)N1CCCCC1C. The van der Waals surface area contributed by atoms with Crippen molar-refractivity contribution in [3.05, 3.63) is 34.7 Å². The molecule has 1 aliphatic heterocycles. The Bertz CT molecular complexity index is 679. The van der Waals surface area contributed by atoms with Gasteiger partial charge in [0.1, 0.15) is 11.3 Å². The van der Waals surface area contributed by atoms with Crippen LogP contribution in [0.5, 0.6) is 0 Å². The summed E-state index contributed by atoms with van der Waals surface area (Å²) in [5, 5.41) is 0.614. The number of aromatic nitrogens is 2. The van der Waals surface area contributed by atoms with Crippen LogP contribution in [-0.4, -0.2) is 32.8 Å². The largest absolute Gasteiger partial charge is 0.335 e. The van der Waals surface area contributed by atoms with Crippen LogP contribution in [0, 0.1) is 0 Å². The molecule has 0 radical (unpaired) electrons. The van der Waals surface area contributed by atoms with E-state index in [2.05, 4.69) is 11.9 Å². The second kappa shape index (κ2) is 5.68. The average molecular weight is 306 g/mol. The second-order valence-corrected chi connectivity index (χ2v) is 6.12. The Kier molecular flexibility index (Phi) is 3.89. The number of nitrogens with zero attached hydrogens (tertiary/aromatic N) is 3. The molecule has 1 unspecified atom stereocenters. The molecule has 3 rings (SSSR count). The molecule has 5 heteroatoms. The molecule has 1 saturated heterocycles. The molecule has 1 fully saturated rings. The second-order valence-electron chi connectivity index (χ2n) is 5.68. The summed E-state index contributed by atoms with van der Waals surface area (Å²) < 4.78 is 1.84. The molecule has 0 saturated carbocycles. The Labute approximate surface area is 129 Å². The van der Waals surface area contributed by atoms with E-state index in [4.69, 9.17) is 11.6 Å². The van der Waals surface area contributed by atoms with Crippen molar-refractivity contribution >= 4 is 23.2 Å². The maximum absolute atomic E-state index is 13.0. The van der Waals surface area contributed by atoms with Gasteiger partial charge in [-0.2, -0.15) is 0 Å². The molecule has 112 valence electrons. The van der Waals surface area contributed by atoms with Gasteiger partial charge in [-0.3, -0.25) is 9.20 Å². The minimum atomic E-state index is 0.0776. The molecule has 1 amide bonds. The molecule has 0 aliphatic carbocycles. The van der Waals surface area contributed by atoms with Crippen molar-refractivity contribution in [3.63, 3.8) is 0 Å². The van der Waals surface area contributed by atoms with Gasteiger partial charge in [0.15, 0.2) is 0 Å². The van der Waals surface area contributed by atoms with Crippen LogP contribution in [-0.2, 0) is 6.42 Å². The number of hydrogen-bond acceptors (Lipinski definition) is 2. The van der Waals surface area contributed by atoms with Crippen molar-refractivity contribution in [2.45, 2.75) is 45.6 Å². The van der Waals surface area contributed by atoms with Gasteiger partial charge < -0.3 is 4.90 Å². The highest BCUT2D eigenvalue weighted by Crippen LogP contribution is 2.23. The lowest BCUT2D eigenvalue weighted by Gasteiger charge is -2.33. The van der Waals surface area contributed by atoms with Gasteiger partial charge in [-0.25, -0.2) is 4.98 Å². The van der Waals surface area contributed by atoms with Crippen molar-refractivity contribution in [3.8, 4) is 0 Å². The maximum atomic E-state index is 13.0. The Morgan fingerprint density at radius 1 is 1.43 bits per heavy atom. The minimum absolute atomic E-state index is 0.0776. The third-order valence-electron chi connectivity index (χ3n) is 4.26. The van der Waals surface area contributed by atoms with Crippen LogP contribution >= 0.6 is 11.6 Å². The van der Waals surface area contributed by atoms with Gasteiger partial charge in [0, 0.05) is 18.8 Å². The number of rotatable bonds is 2. The molecule has 0 spiro atoms. The highest BCUT2D eigenvalue weighted by atomic mass is 35.5. The molecule has 2 aromatic heterocycles. The van der Waals surface area contributed by atoms with Crippen LogP contribution in [0.4, 0.5) is 0 Å². The third kappa shape index (κ3) is 2.53. The lowest BCUT2D eigenvalue weighted by molar-refractivity contribution is 0.0627. The van der Waals surface area contributed by atoms with E-state index < -0.39 is 0 Å². The van der Waals surface area contributed by atoms with Gasteiger partial charge in [0.2, 0.25) is 0 Å². The fourth-order valence-electron chi connectivity index (χ4n) is 3.08. The zero-order valence-corrected chi connectivity index (χ0v) is 13.2. The van der Waals surface area contributed by atoms with Crippen molar-refractivity contribution in [1.82, 2.24) is 14.3 Å². The summed E-state index contributed by atoms with van der Waals surface area (Å²) in [6.07, 6.45) is 5.87. The molecule has 1 aliphatic rings. The van der Waals surface area contributed by atoms with E-state index in [1.807, 2.05) is 22.3 Å². The predicted molar refractivity (Wildman–Crippen MR) is 83.9 cm³/mol. The van der Waals surface area contributed by atoms with E-state index in [9.17, 15) is 4.79 Å². The number of pyridine rings is 1. The fourth-order valence-corrected chi connectivity index (χ4v) is 3.24. The first-order valence-corrected chi connectivity index (χ1v) is 7.97. The van der Waals surface area contributed by atoms with Gasteiger partial charge >= 0.3 is 0 Å². The lowest BCUT2D eigenvalue weighted by atomic mass is 10.0. The Morgan fingerprint density at radius 2 is 2.24 bits per heavy atom. The van der Waals surface area contributed by atoms with Crippen LogP contribution in [0.3, 0.4) is 0 Å². The van der Waals surface area contributed by atoms with Crippen LogP contribution in [0.2, 0.25) is 5.02 Å². The van der Waals surface area contributed by atoms with Crippen LogP contribution in [0.15, 0.2) is 18.3 Å². The minimum Gasteiger partial charge on any atom is -0.335 e. The molecule has 0 bridgehead atoms. The molecule has 0 N–H and O–H groups in total. The van der Waals surface area contributed by atoms with E-state index in [0.717, 1.165) is 37.1 Å². The first-order chi connectivity index (χ1) is 10.1. The predicted octanol–water partition coefficient (Wildman–Crippen LogP) is 3.56. The van der Waals surface area contributed by atoms with E-state index in [1.54, 1.807) is 12.3 Å². The van der Waals surface area contributed by atoms with E-state index in [-0.39, 0.29) is 5.91 Å². The summed E-state index contributed by atoms with van der Waals surface area (Å²) in [5.41, 5.74) is 2.30. The molecule has 4 nitrogen and oxygen atoms in total. The molecule has 21 heavy (non-hydrogen) atoms. The normalized spacial score (nSPS) is 19.2. The average Bonchev–Trinajstić information content (AvgIpc) is 2.84. The Balaban J connectivity index is 2.09. The van der Waals surface area contributed by atoms with E-state index >= 15 is 0 Å². The number of carbonyl (C=O) groups is 1. The van der Waals surface area contributed by atoms with E-state index in [0.29, 0.717) is 16.8 Å². The molecule has 1 atom stereocenters. The zero-order chi connectivity index (χ0) is 15.0. The van der Waals surface area contributed by atoms with Crippen molar-refractivity contribution < 1.29 is 4.79 Å². The fraction of sp³-hybridized carbons (Fsp3) is 0.500. The zero-order valence-electron chi connectivity index (χ0n) is 12.5. The number of halogens is 1. The van der Waals surface area contributed by atoms with E-state index in [1.165, 1.54) is 6.42 Å². The van der Waals surface area contributed by atoms with Crippen molar-refractivity contribution in [2.24, 2.45) is 0 Å². The molecule has 3 heterocycles. The lowest BCUT2D eigenvalue weighted by Crippen LogP contribution is -2.42. The van der Waals surface area contributed by atoms with Crippen molar-refractivity contribution in [1.29, 1.82) is 0 Å². The standard InChI is InChI=1S/C16H20ClN3O/c1-3-13-15(16(21)19-9-5-4-6-11(19)2)20-10-12(17)7-8-14(20)18-13/h7-8,10-11H,3-6,9H2,1-2H3. The topological polar surface area (TPSA) is 37.6 Å². The third-order valence-corrected chi connectivity index (χ3v) is 4.48. The number of piperidine rings is 1. The summed E-state index contributed by atoms with van der Waals surface area (Å²) in [5.74, 6) is 0.0776. The first-order valence-electron chi connectivity index (χ1n) is 7.59. The number of carbonyl (C=O) groups excluding carboxylic acids is 1. The number of imidazole rings is 1. The van der Waals surface area contributed by atoms with Gasteiger partial charge in [-0.1, -0.05) is 18.5 Å². The molecule has 0 aromatic carbocycles. The van der Waals surface area contributed by atoms with Crippen LogP contribution in [0.25, 0.3) is 5.65 Å². The maximum Gasteiger partial charge on any atom is 0.273 e. The number of likely N-dealkylation sites (tertiary alicyclic amines) is 1. The van der Waals surface area contributed by atoms with Gasteiger partial charge in [0.05, 0.1) is 10.7 Å². The number of amides is 1. The summed E-state index contributed by atoms with van der Waals surface area (Å²) >= 11 is 6.09. The summed E-state index contributed by atoms with van der Waals surface area (Å²) in [4.78, 5) is 19.5. The monoisotopic (exact) mass is 305 g/mol. The smallest absolute Gasteiger partial charge is 0.273 e. The van der Waals surface area contributed by atoms with Crippen LogP contribution in [0.1, 0.15) is 49.3 Å². The number of aryl methyl sites for hydroxylation is 1. The quantitative estimate of drug-likeness (QED) is 0.850. The van der Waals surface area contributed by atoms with Crippen molar-refractivity contribution in [2.75, 3.05) is 6.54 Å². The Hall–Kier alpha value is -1.55. The molecular formula is C16H20ClN3O. The van der Waals surface area contributed by atoms with Gasteiger partial charge in [0.25, 0.3) is 5.91 Å². The number of hydrogen-bond donors (Lipinski definition) is 0. The highest BCUT2D eigenvalue weighted by molar-refractivity contribution is 6.30. The first kappa shape index (κ1) is 14.4. The van der Waals surface area contributed by atoms with Gasteiger partial charge in [-0.05, 0) is 44.7 Å². The van der Waals surface area contributed by atoms with Gasteiger partial charge in [-0.15, -0.1) is 0 Å².